The second kappa shape index (κ2) is 11.6. The number of likely N-dealkylation sites (tertiary alicyclic amines) is 2. The first-order valence-electron chi connectivity index (χ1n) is 13.9. The zero-order valence-electron chi connectivity index (χ0n) is 22.6. The number of ketones is 1. The molecule has 0 aliphatic carbocycles. The van der Waals surface area contributed by atoms with Crippen molar-refractivity contribution in [3.05, 3.63) is 66.2 Å². The Morgan fingerprint density at radius 2 is 1.56 bits per heavy atom. The predicted molar refractivity (Wildman–Crippen MR) is 145 cm³/mol. The third-order valence-corrected chi connectivity index (χ3v) is 7.78. The van der Waals surface area contributed by atoms with Crippen LogP contribution in [0.25, 0.3) is 0 Å². The highest BCUT2D eigenvalue weighted by Crippen LogP contribution is 2.33. The van der Waals surface area contributed by atoms with Crippen molar-refractivity contribution >= 4 is 23.7 Å². The molecule has 0 aromatic heterocycles. The Hall–Kier alpha value is -3.72. The smallest absolute Gasteiger partial charge is 0.410 e. The molecule has 3 amide bonds. The van der Waals surface area contributed by atoms with Crippen LogP contribution in [-0.2, 0) is 9.59 Å². The van der Waals surface area contributed by atoms with Crippen molar-refractivity contribution in [1.29, 1.82) is 0 Å². The summed E-state index contributed by atoms with van der Waals surface area (Å²) in [4.78, 5) is 57.4. The molecule has 2 aromatic carbocycles. The standard InChI is InChI=1S/C30H36N4O5/c1-21(2)19-25(34(31-16-9-10-17-31)28(36)22-11-5-3-6-12-22)29(37)32-18-15-24-27(32)26(35)20-33(24)30(38)39-23-13-7-4-8-14-23/h3-8,11-14,21,24-25,27H,9-10,15-20H2,1-2H3. The molecule has 3 atom stereocenters. The summed E-state index contributed by atoms with van der Waals surface area (Å²) in [5.41, 5.74) is 0.525. The molecule has 3 aliphatic heterocycles. The largest absolute Gasteiger partial charge is 0.415 e. The van der Waals surface area contributed by atoms with Crippen molar-refractivity contribution in [1.82, 2.24) is 19.8 Å². The second-order valence-corrected chi connectivity index (χ2v) is 10.9. The molecule has 3 unspecified atom stereocenters. The number of fused-ring (bicyclic) bond motifs is 1. The molecule has 3 saturated heterocycles. The lowest BCUT2D eigenvalue weighted by molar-refractivity contribution is -0.146. The number of hydrogen-bond donors (Lipinski definition) is 0. The number of amides is 3. The number of hydrogen-bond acceptors (Lipinski definition) is 6. The Labute approximate surface area is 229 Å². The fraction of sp³-hybridized carbons (Fsp3) is 0.467. The molecule has 3 heterocycles. The van der Waals surface area contributed by atoms with Gasteiger partial charge in [0.15, 0.2) is 5.78 Å². The Balaban J connectivity index is 1.40. The highest BCUT2D eigenvalue weighted by molar-refractivity contribution is 6.00. The first-order valence-corrected chi connectivity index (χ1v) is 13.9. The highest BCUT2D eigenvalue weighted by atomic mass is 16.6. The number of para-hydroxylation sites is 1. The first-order chi connectivity index (χ1) is 18.8. The average molecular weight is 533 g/mol. The van der Waals surface area contributed by atoms with Crippen LogP contribution in [-0.4, -0.2) is 87.8 Å². The van der Waals surface area contributed by atoms with Gasteiger partial charge in [0, 0.05) is 25.2 Å². The summed E-state index contributed by atoms with van der Waals surface area (Å²) in [5, 5.41) is 3.65. The van der Waals surface area contributed by atoms with E-state index in [9.17, 15) is 19.2 Å². The van der Waals surface area contributed by atoms with E-state index in [1.807, 2.05) is 43.1 Å². The van der Waals surface area contributed by atoms with E-state index in [1.54, 1.807) is 46.3 Å². The lowest BCUT2D eigenvalue weighted by Crippen LogP contribution is -2.59. The van der Waals surface area contributed by atoms with E-state index in [4.69, 9.17) is 4.74 Å². The van der Waals surface area contributed by atoms with Crippen molar-refractivity contribution < 1.29 is 23.9 Å². The lowest BCUT2D eigenvalue weighted by atomic mass is 10.00. The monoisotopic (exact) mass is 532 g/mol. The van der Waals surface area contributed by atoms with E-state index >= 15 is 0 Å². The molecule has 2 aromatic rings. The SMILES string of the molecule is CC(C)CC(C(=O)N1CCC2C1C(=O)CN2C(=O)Oc1ccccc1)N(C(=O)c1ccccc1)N1CCCC1. The zero-order chi connectivity index (χ0) is 27.5. The predicted octanol–water partition coefficient (Wildman–Crippen LogP) is 3.61. The van der Waals surface area contributed by atoms with Crippen LogP contribution in [0.3, 0.4) is 0 Å². The minimum Gasteiger partial charge on any atom is -0.410 e. The summed E-state index contributed by atoms with van der Waals surface area (Å²) >= 11 is 0. The Kier molecular flexibility index (Phi) is 7.97. The van der Waals surface area contributed by atoms with Crippen molar-refractivity contribution in [2.24, 2.45) is 5.92 Å². The van der Waals surface area contributed by atoms with Crippen molar-refractivity contribution in [2.45, 2.75) is 57.7 Å². The van der Waals surface area contributed by atoms with Crippen molar-refractivity contribution in [2.75, 3.05) is 26.2 Å². The van der Waals surface area contributed by atoms with Crippen LogP contribution >= 0.6 is 0 Å². The number of carbonyl (C=O) groups excluding carboxylic acids is 4. The zero-order valence-corrected chi connectivity index (χ0v) is 22.6. The number of Topliss-reactive ketones (excluding diaryl/α,β-unsaturated/α-hetero) is 1. The van der Waals surface area contributed by atoms with Gasteiger partial charge in [0.2, 0.25) is 5.91 Å². The summed E-state index contributed by atoms with van der Waals surface area (Å²) in [6.45, 7) is 5.71. The van der Waals surface area contributed by atoms with Crippen molar-refractivity contribution in [3.8, 4) is 5.75 Å². The van der Waals surface area contributed by atoms with Crippen LogP contribution in [0.5, 0.6) is 5.75 Å². The minimum atomic E-state index is -0.743. The Morgan fingerprint density at radius 1 is 0.923 bits per heavy atom. The van der Waals surface area contributed by atoms with Gasteiger partial charge in [0.25, 0.3) is 5.91 Å². The van der Waals surface area contributed by atoms with Gasteiger partial charge in [-0.1, -0.05) is 50.2 Å². The van der Waals surface area contributed by atoms with Gasteiger partial charge < -0.3 is 9.64 Å². The van der Waals surface area contributed by atoms with Crippen LogP contribution in [0.1, 0.15) is 49.9 Å². The van der Waals surface area contributed by atoms with Gasteiger partial charge in [-0.25, -0.2) is 9.80 Å². The van der Waals surface area contributed by atoms with Crippen LogP contribution in [0.4, 0.5) is 4.79 Å². The van der Waals surface area contributed by atoms with E-state index in [2.05, 4.69) is 0 Å². The quantitative estimate of drug-likeness (QED) is 0.541. The van der Waals surface area contributed by atoms with Gasteiger partial charge in [-0.15, -0.1) is 0 Å². The van der Waals surface area contributed by atoms with Gasteiger partial charge in [-0.2, -0.15) is 0 Å². The van der Waals surface area contributed by atoms with E-state index in [-0.39, 0.29) is 30.1 Å². The molecule has 5 rings (SSSR count). The molecule has 0 spiro atoms. The fourth-order valence-electron chi connectivity index (χ4n) is 6.00. The summed E-state index contributed by atoms with van der Waals surface area (Å²) in [6, 6.07) is 15.9. The molecule has 0 N–H and O–H groups in total. The van der Waals surface area contributed by atoms with E-state index in [1.165, 1.54) is 4.90 Å². The maximum absolute atomic E-state index is 14.3. The topological polar surface area (TPSA) is 90.5 Å². The van der Waals surface area contributed by atoms with Gasteiger partial charge in [0.05, 0.1) is 12.6 Å². The number of carbonyl (C=O) groups is 4. The first kappa shape index (κ1) is 26.9. The molecule has 0 saturated carbocycles. The van der Waals surface area contributed by atoms with Gasteiger partial charge >= 0.3 is 6.09 Å². The number of hydrazine groups is 1. The molecule has 9 heteroatoms. The minimum absolute atomic E-state index is 0.0988. The highest BCUT2D eigenvalue weighted by Gasteiger charge is 2.53. The maximum atomic E-state index is 14.3. The van der Waals surface area contributed by atoms with E-state index < -0.39 is 24.2 Å². The summed E-state index contributed by atoms with van der Waals surface area (Å²) in [5.74, 6) is -0.0806. The number of rotatable bonds is 7. The second-order valence-electron chi connectivity index (χ2n) is 10.9. The fourth-order valence-corrected chi connectivity index (χ4v) is 6.00. The van der Waals surface area contributed by atoms with Gasteiger partial charge in [-0.3, -0.25) is 24.3 Å². The van der Waals surface area contributed by atoms with E-state index in [0.717, 1.165) is 12.8 Å². The molecule has 0 bridgehead atoms. The third-order valence-electron chi connectivity index (χ3n) is 7.78. The molecule has 206 valence electrons. The lowest BCUT2D eigenvalue weighted by Gasteiger charge is -2.40. The molecule has 39 heavy (non-hydrogen) atoms. The normalized spacial score (nSPS) is 21.8. The molecule has 3 aliphatic rings. The molecule has 9 nitrogen and oxygen atoms in total. The molecular formula is C30H36N4O5. The average Bonchev–Trinajstić information content (AvgIpc) is 3.68. The summed E-state index contributed by atoms with van der Waals surface area (Å²) in [7, 11) is 0. The van der Waals surface area contributed by atoms with Crippen LogP contribution in [0, 0.1) is 5.92 Å². The number of nitrogens with zero attached hydrogens (tertiary/aromatic N) is 4. The van der Waals surface area contributed by atoms with E-state index in [0.29, 0.717) is 43.8 Å². The Morgan fingerprint density at radius 3 is 2.21 bits per heavy atom. The maximum Gasteiger partial charge on any atom is 0.415 e. The molecule has 3 fully saturated rings. The van der Waals surface area contributed by atoms with Crippen LogP contribution in [0.15, 0.2) is 60.7 Å². The number of ether oxygens (including phenoxy) is 1. The van der Waals surface area contributed by atoms with Crippen LogP contribution in [0.2, 0.25) is 0 Å². The Bertz CT molecular complexity index is 1200. The van der Waals surface area contributed by atoms with Crippen molar-refractivity contribution in [3.63, 3.8) is 0 Å². The van der Waals surface area contributed by atoms with Gasteiger partial charge in [-0.05, 0) is 55.9 Å². The summed E-state index contributed by atoms with van der Waals surface area (Å²) < 4.78 is 5.51. The summed E-state index contributed by atoms with van der Waals surface area (Å²) in [6.07, 6.45) is 2.26. The number of benzene rings is 2. The third kappa shape index (κ3) is 5.54. The van der Waals surface area contributed by atoms with Gasteiger partial charge in [0.1, 0.15) is 17.8 Å². The molecule has 0 radical (unpaired) electrons. The van der Waals surface area contributed by atoms with Crippen LogP contribution < -0.4 is 4.74 Å². The molecular weight excluding hydrogens is 496 g/mol.